The van der Waals surface area contributed by atoms with Crippen molar-refractivity contribution in [3.05, 3.63) is 34.3 Å². The van der Waals surface area contributed by atoms with Crippen molar-refractivity contribution in [3.63, 3.8) is 0 Å². The number of nitrogens with zero attached hydrogens (tertiary/aromatic N) is 2. The Bertz CT molecular complexity index is 378. The van der Waals surface area contributed by atoms with Crippen LogP contribution in [0.1, 0.15) is 11.7 Å². The highest BCUT2D eigenvalue weighted by Gasteiger charge is 2.19. The number of piperazine rings is 1. The molecule has 106 valence electrons. The van der Waals surface area contributed by atoms with Gasteiger partial charge in [0, 0.05) is 43.7 Å². The van der Waals surface area contributed by atoms with Gasteiger partial charge in [0.15, 0.2) is 0 Å². The SMILES string of the molecule is OCCN1CCN(CC(O)c2ccc(Br)cc2)CC1. The highest BCUT2D eigenvalue weighted by atomic mass is 79.9. The molecule has 5 heteroatoms. The minimum Gasteiger partial charge on any atom is -0.395 e. The maximum absolute atomic E-state index is 10.2. The number of β-amino-alcohol motifs (C(OH)–C–C–N with tert-alkyl or cyclic N) is 2. The number of aliphatic hydroxyl groups is 2. The molecule has 1 aromatic carbocycles. The Hall–Kier alpha value is -0.460. The van der Waals surface area contributed by atoms with Crippen molar-refractivity contribution in [1.29, 1.82) is 0 Å². The summed E-state index contributed by atoms with van der Waals surface area (Å²) in [5, 5.41) is 19.1. The topological polar surface area (TPSA) is 46.9 Å². The summed E-state index contributed by atoms with van der Waals surface area (Å²) >= 11 is 3.40. The van der Waals surface area contributed by atoms with E-state index in [0.29, 0.717) is 6.54 Å². The second-order valence-corrected chi connectivity index (χ2v) is 5.85. The molecule has 1 fully saturated rings. The minimum atomic E-state index is -0.433. The first-order valence-electron chi connectivity index (χ1n) is 6.68. The van der Waals surface area contributed by atoms with Crippen LogP contribution in [-0.4, -0.2) is 65.9 Å². The van der Waals surface area contributed by atoms with E-state index in [9.17, 15) is 5.11 Å². The van der Waals surface area contributed by atoms with Crippen LogP contribution < -0.4 is 0 Å². The van der Waals surface area contributed by atoms with Gasteiger partial charge in [0.1, 0.15) is 0 Å². The van der Waals surface area contributed by atoms with Crippen LogP contribution in [0.5, 0.6) is 0 Å². The zero-order valence-electron chi connectivity index (χ0n) is 11.0. The fourth-order valence-electron chi connectivity index (χ4n) is 2.37. The summed E-state index contributed by atoms with van der Waals surface area (Å²) in [5.41, 5.74) is 0.959. The van der Waals surface area contributed by atoms with Gasteiger partial charge in [-0.3, -0.25) is 9.80 Å². The van der Waals surface area contributed by atoms with E-state index in [-0.39, 0.29) is 6.61 Å². The molecule has 1 saturated heterocycles. The average Bonchev–Trinajstić information content (AvgIpc) is 2.42. The van der Waals surface area contributed by atoms with E-state index in [1.807, 2.05) is 24.3 Å². The number of hydrogen-bond donors (Lipinski definition) is 2. The van der Waals surface area contributed by atoms with Crippen LogP contribution in [0.3, 0.4) is 0 Å². The number of aliphatic hydroxyl groups excluding tert-OH is 2. The molecule has 1 aliphatic rings. The molecule has 19 heavy (non-hydrogen) atoms. The highest BCUT2D eigenvalue weighted by Crippen LogP contribution is 2.18. The Morgan fingerprint density at radius 2 is 1.63 bits per heavy atom. The van der Waals surface area contributed by atoms with Gasteiger partial charge in [0.2, 0.25) is 0 Å². The third kappa shape index (κ3) is 4.54. The molecule has 0 aliphatic carbocycles. The third-order valence-electron chi connectivity index (χ3n) is 3.57. The zero-order chi connectivity index (χ0) is 13.7. The lowest BCUT2D eigenvalue weighted by Crippen LogP contribution is -2.48. The average molecular weight is 329 g/mol. The highest BCUT2D eigenvalue weighted by molar-refractivity contribution is 9.10. The van der Waals surface area contributed by atoms with E-state index in [4.69, 9.17) is 5.11 Å². The molecule has 0 radical (unpaired) electrons. The second-order valence-electron chi connectivity index (χ2n) is 4.93. The van der Waals surface area contributed by atoms with Crippen molar-refractivity contribution < 1.29 is 10.2 Å². The van der Waals surface area contributed by atoms with E-state index in [0.717, 1.165) is 42.8 Å². The van der Waals surface area contributed by atoms with Crippen molar-refractivity contribution in [3.8, 4) is 0 Å². The molecule has 1 unspecified atom stereocenters. The van der Waals surface area contributed by atoms with Crippen LogP contribution in [0.2, 0.25) is 0 Å². The van der Waals surface area contributed by atoms with E-state index < -0.39 is 6.10 Å². The van der Waals surface area contributed by atoms with Crippen molar-refractivity contribution in [2.24, 2.45) is 0 Å². The Morgan fingerprint density at radius 3 is 2.21 bits per heavy atom. The maximum atomic E-state index is 10.2. The van der Waals surface area contributed by atoms with E-state index in [2.05, 4.69) is 25.7 Å². The Balaban J connectivity index is 1.80. The quantitative estimate of drug-likeness (QED) is 0.849. The molecule has 1 heterocycles. The van der Waals surface area contributed by atoms with Gasteiger partial charge in [-0.25, -0.2) is 0 Å². The first-order valence-corrected chi connectivity index (χ1v) is 7.47. The fraction of sp³-hybridized carbons (Fsp3) is 0.571. The van der Waals surface area contributed by atoms with Crippen molar-refractivity contribution >= 4 is 15.9 Å². The molecule has 4 nitrogen and oxygen atoms in total. The summed E-state index contributed by atoms with van der Waals surface area (Å²) in [6.45, 7) is 5.49. The Morgan fingerprint density at radius 1 is 1.05 bits per heavy atom. The van der Waals surface area contributed by atoms with Crippen LogP contribution in [0.4, 0.5) is 0 Å². The normalized spacial score (nSPS) is 19.5. The Labute approximate surface area is 122 Å². The van der Waals surface area contributed by atoms with Gasteiger partial charge in [-0.15, -0.1) is 0 Å². The molecule has 0 amide bonds. The van der Waals surface area contributed by atoms with Crippen LogP contribution in [0.15, 0.2) is 28.7 Å². The first-order chi connectivity index (χ1) is 9.19. The molecule has 1 atom stereocenters. The lowest BCUT2D eigenvalue weighted by Gasteiger charge is -2.35. The van der Waals surface area contributed by atoms with Gasteiger partial charge in [0.25, 0.3) is 0 Å². The minimum absolute atomic E-state index is 0.224. The predicted molar refractivity (Wildman–Crippen MR) is 79.1 cm³/mol. The summed E-state index contributed by atoms with van der Waals surface area (Å²) in [6, 6.07) is 7.82. The van der Waals surface area contributed by atoms with E-state index in [1.54, 1.807) is 0 Å². The lowest BCUT2D eigenvalue weighted by molar-refractivity contribution is 0.0661. The van der Waals surface area contributed by atoms with Gasteiger partial charge in [0.05, 0.1) is 12.7 Å². The molecule has 2 rings (SSSR count). The molecule has 0 saturated carbocycles. The molecule has 0 bridgehead atoms. The number of benzene rings is 1. The largest absolute Gasteiger partial charge is 0.395 e. The molecule has 0 spiro atoms. The van der Waals surface area contributed by atoms with Crippen molar-refractivity contribution in [2.75, 3.05) is 45.9 Å². The van der Waals surface area contributed by atoms with Crippen molar-refractivity contribution in [2.45, 2.75) is 6.10 Å². The van der Waals surface area contributed by atoms with Gasteiger partial charge in [-0.05, 0) is 17.7 Å². The fourth-order valence-corrected chi connectivity index (χ4v) is 2.64. The molecule has 2 N–H and O–H groups in total. The molecule has 1 aromatic rings. The molecular weight excluding hydrogens is 308 g/mol. The van der Waals surface area contributed by atoms with Gasteiger partial charge < -0.3 is 10.2 Å². The second kappa shape index (κ2) is 7.36. The third-order valence-corrected chi connectivity index (χ3v) is 4.10. The van der Waals surface area contributed by atoms with Gasteiger partial charge >= 0.3 is 0 Å². The van der Waals surface area contributed by atoms with Gasteiger partial charge in [-0.1, -0.05) is 28.1 Å². The summed E-state index contributed by atoms with van der Waals surface area (Å²) in [7, 11) is 0. The maximum Gasteiger partial charge on any atom is 0.0916 e. The Kier molecular flexibility index (Phi) is 5.78. The smallest absolute Gasteiger partial charge is 0.0916 e. The van der Waals surface area contributed by atoms with Crippen LogP contribution >= 0.6 is 15.9 Å². The summed E-state index contributed by atoms with van der Waals surface area (Å²) in [6.07, 6.45) is -0.433. The summed E-state index contributed by atoms with van der Waals surface area (Å²) in [5.74, 6) is 0. The molecular formula is C14H21BrN2O2. The van der Waals surface area contributed by atoms with E-state index >= 15 is 0 Å². The van der Waals surface area contributed by atoms with E-state index in [1.165, 1.54) is 0 Å². The number of halogens is 1. The zero-order valence-corrected chi connectivity index (χ0v) is 12.6. The first kappa shape index (κ1) is 14.9. The van der Waals surface area contributed by atoms with Gasteiger partial charge in [-0.2, -0.15) is 0 Å². The summed E-state index contributed by atoms with van der Waals surface area (Å²) in [4.78, 5) is 4.53. The number of hydrogen-bond acceptors (Lipinski definition) is 4. The molecule has 1 aliphatic heterocycles. The van der Waals surface area contributed by atoms with Crippen molar-refractivity contribution in [1.82, 2.24) is 9.80 Å². The van der Waals surface area contributed by atoms with Crippen LogP contribution in [0.25, 0.3) is 0 Å². The summed E-state index contributed by atoms with van der Waals surface area (Å²) < 4.78 is 1.03. The lowest BCUT2D eigenvalue weighted by atomic mass is 10.1. The number of rotatable bonds is 5. The van der Waals surface area contributed by atoms with Crippen LogP contribution in [-0.2, 0) is 0 Å². The molecule has 0 aromatic heterocycles. The predicted octanol–water partition coefficient (Wildman–Crippen LogP) is 1.09. The monoisotopic (exact) mass is 328 g/mol. The van der Waals surface area contributed by atoms with Crippen LogP contribution in [0, 0.1) is 0 Å². The standard InChI is InChI=1S/C14H21BrN2O2/c15-13-3-1-12(2-4-13)14(19)11-17-7-5-16(6-8-17)9-10-18/h1-4,14,18-19H,5-11H2.